The molecular weight excluding hydrogens is 273 g/mol. The van der Waals surface area contributed by atoms with E-state index in [9.17, 15) is 0 Å². The van der Waals surface area contributed by atoms with Gasteiger partial charge in [-0.15, -0.1) is 0 Å². The molecule has 0 radical (unpaired) electrons. The van der Waals surface area contributed by atoms with Gasteiger partial charge in [-0.25, -0.2) is 4.98 Å². The average molecular weight is 284 g/mol. The van der Waals surface area contributed by atoms with Gasteiger partial charge in [-0.2, -0.15) is 0 Å². The smallest absolute Gasteiger partial charge is 0.214 e. The Bertz CT molecular complexity index is 472. The van der Waals surface area contributed by atoms with E-state index >= 15 is 0 Å². The molecular formula is C13H11Cl2NO2. The number of nitrogens with zero attached hydrogens (tertiary/aromatic N) is 1. The molecule has 5 heteroatoms. The highest BCUT2D eigenvalue weighted by atomic mass is 35.5. The zero-order chi connectivity index (χ0) is 12.8. The topological polar surface area (TPSA) is 31.4 Å². The monoisotopic (exact) mass is 283 g/mol. The minimum absolute atomic E-state index is 0.389. The van der Waals surface area contributed by atoms with Crippen LogP contribution >= 0.6 is 23.2 Å². The van der Waals surface area contributed by atoms with Gasteiger partial charge in [0.25, 0.3) is 0 Å². The summed E-state index contributed by atoms with van der Waals surface area (Å²) in [6.07, 6.45) is 0. The van der Waals surface area contributed by atoms with Crippen molar-refractivity contribution in [1.82, 2.24) is 4.98 Å². The van der Waals surface area contributed by atoms with E-state index in [4.69, 9.17) is 32.7 Å². The van der Waals surface area contributed by atoms with E-state index < -0.39 is 0 Å². The van der Waals surface area contributed by atoms with E-state index in [-0.39, 0.29) is 0 Å². The summed E-state index contributed by atoms with van der Waals surface area (Å²) in [5.41, 5.74) is 0. The summed E-state index contributed by atoms with van der Waals surface area (Å²) in [5, 5.41) is 1.05. The van der Waals surface area contributed by atoms with Crippen molar-refractivity contribution in [2.45, 2.75) is 0 Å². The largest absolute Gasteiger partial charge is 0.490 e. The molecule has 2 rings (SSSR count). The Labute approximate surface area is 115 Å². The van der Waals surface area contributed by atoms with Gasteiger partial charge in [-0.05, 0) is 24.3 Å². The Hall–Kier alpha value is -1.45. The van der Waals surface area contributed by atoms with Crippen molar-refractivity contribution in [2.75, 3.05) is 13.2 Å². The van der Waals surface area contributed by atoms with Crippen LogP contribution in [0.3, 0.4) is 0 Å². The Morgan fingerprint density at radius 3 is 2.50 bits per heavy atom. The standard InChI is InChI=1S/C13H11Cl2NO2/c14-10-3-1-4-11(9-10)17-7-8-18-13-6-2-5-12(15)16-13/h1-6,9H,7-8H2. The van der Waals surface area contributed by atoms with Crippen molar-refractivity contribution in [1.29, 1.82) is 0 Å². The average Bonchev–Trinajstić information content (AvgIpc) is 2.35. The van der Waals surface area contributed by atoms with Gasteiger partial charge in [0, 0.05) is 11.1 Å². The van der Waals surface area contributed by atoms with E-state index in [0.29, 0.717) is 35.0 Å². The molecule has 0 unspecified atom stereocenters. The summed E-state index contributed by atoms with van der Waals surface area (Å²) in [4.78, 5) is 4.00. The molecule has 1 aromatic carbocycles. The normalized spacial score (nSPS) is 10.1. The molecule has 0 aliphatic carbocycles. The van der Waals surface area contributed by atoms with Gasteiger partial charge in [-0.1, -0.05) is 35.3 Å². The molecule has 18 heavy (non-hydrogen) atoms. The van der Waals surface area contributed by atoms with Crippen LogP contribution < -0.4 is 9.47 Å². The lowest BCUT2D eigenvalue weighted by Gasteiger charge is -2.07. The van der Waals surface area contributed by atoms with Crippen LogP contribution in [0.25, 0.3) is 0 Å². The van der Waals surface area contributed by atoms with Crippen LogP contribution in [0.4, 0.5) is 0 Å². The first-order chi connectivity index (χ1) is 8.74. The Morgan fingerprint density at radius 2 is 1.72 bits per heavy atom. The second-order valence-corrected chi connectivity index (χ2v) is 4.28. The number of hydrogen-bond donors (Lipinski definition) is 0. The lowest BCUT2D eigenvalue weighted by atomic mass is 10.3. The third-order valence-corrected chi connectivity index (χ3v) is 2.53. The third kappa shape index (κ3) is 4.09. The van der Waals surface area contributed by atoms with E-state index in [2.05, 4.69) is 4.98 Å². The quantitative estimate of drug-likeness (QED) is 0.617. The molecule has 0 N–H and O–H groups in total. The van der Waals surface area contributed by atoms with E-state index in [1.54, 1.807) is 30.3 Å². The first-order valence-corrected chi connectivity index (χ1v) is 6.13. The maximum Gasteiger partial charge on any atom is 0.214 e. The van der Waals surface area contributed by atoms with E-state index in [1.165, 1.54) is 0 Å². The van der Waals surface area contributed by atoms with Crippen LogP contribution in [0, 0.1) is 0 Å². The van der Waals surface area contributed by atoms with E-state index in [1.807, 2.05) is 12.1 Å². The van der Waals surface area contributed by atoms with Crippen molar-refractivity contribution in [2.24, 2.45) is 0 Å². The van der Waals surface area contributed by atoms with Gasteiger partial charge in [-0.3, -0.25) is 0 Å². The minimum Gasteiger partial charge on any atom is -0.490 e. The third-order valence-electron chi connectivity index (χ3n) is 2.09. The van der Waals surface area contributed by atoms with Crippen molar-refractivity contribution < 1.29 is 9.47 Å². The fourth-order valence-corrected chi connectivity index (χ4v) is 1.67. The zero-order valence-corrected chi connectivity index (χ0v) is 11.0. The molecule has 0 spiro atoms. The molecule has 2 aromatic rings. The van der Waals surface area contributed by atoms with Gasteiger partial charge in [0.1, 0.15) is 24.1 Å². The molecule has 0 aliphatic heterocycles. The molecule has 0 amide bonds. The summed E-state index contributed by atoms with van der Waals surface area (Å²) < 4.78 is 10.9. The van der Waals surface area contributed by atoms with Crippen molar-refractivity contribution in [3.63, 3.8) is 0 Å². The maximum atomic E-state index is 5.84. The Balaban J connectivity index is 1.76. The minimum atomic E-state index is 0.389. The molecule has 0 bridgehead atoms. The second-order valence-electron chi connectivity index (χ2n) is 3.45. The molecule has 1 heterocycles. The molecule has 0 fully saturated rings. The molecule has 0 saturated carbocycles. The predicted octanol–water partition coefficient (Wildman–Crippen LogP) is 3.85. The highest BCUT2D eigenvalue weighted by Crippen LogP contribution is 2.17. The summed E-state index contributed by atoms with van der Waals surface area (Å²) >= 11 is 11.6. The summed E-state index contributed by atoms with van der Waals surface area (Å²) in [6, 6.07) is 12.4. The maximum absolute atomic E-state index is 5.84. The number of pyridine rings is 1. The SMILES string of the molecule is Clc1cccc(OCCOc2cccc(Cl)n2)c1. The number of ether oxygens (including phenoxy) is 2. The lowest BCUT2D eigenvalue weighted by molar-refractivity contribution is 0.212. The molecule has 3 nitrogen and oxygen atoms in total. The lowest BCUT2D eigenvalue weighted by Crippen LogP contribution is -2.09. The highest BCUT2D eigenvalue weighted by Gasteiger charge is 1.98. The number of aromatic nitrogens is 1. The van der Waals surface area contributed by atoms with Crippen LogP contribution in [0.5, 0.6) is 11.6 Å². The summed E-state index contributed by atoms with van der Waals surface area (Å²) in [6.45, 7) is 0.800. The first kappa shape index (κ1) is 13.0. The first-order valence-electron chi connectivity index (χ1n) is 5.38. The second kappa shape index (κ2) is 6.47. The molecule has 94 valence electrons. The molecule has 0 saturated heterocycles. The summed E-state index contributed by atoms with van der Waals surface area (Å²) in [7, 11) is 0. The fourth-order valence-electron chi connectivity index (χ4n) is 1.33. The fraction of sp³-hybridized carbons (Fsp3) is 0.154. The number of benzene rings is 1. The van der Waals surface area contributed by atoms with E-state index in [0.717, 1.165) is 0 Å². The van der Waals surface area contributed by atoms with Gasteiger partial charge in [0.2, 0.25) is 5.88 Å². The van der Waals surface area contributed by atoms with Crippen molar-refractivity contribution in [3.05, 3.63) is 52.6 Å². The van der Waals surface area contributed by atoms with Gasteiger partial charge < -0.3 is 9.47 Å². The molecule has 0 aliphatic rings. The predicted molar refractivity (Wildman–Crippen MR) is 71.7 cm³/mol. The van der Waals surface area contributed by atoms with Gasteiger partial charge in [0.15, 0.2) is 0 Å². The number of halogens is 2. The van der Waals surface area contributed by atoms with Crippen LogP contribution in [0.2, 0.25) is 10.2 Å². The highest BCUT2D eigenvalue weighted by molar-refractivity contribution is 6.30. The van der Waals surface area contributed by atoms with Gasteiger partial charge in [0.05, 0.1) is 0 Å². The number of rotatable bonds is 5. The molecule has 1 aromatic heterocycles. The van der Waals surface area contributed by atoms with Crippen molar-refractivity contribution >= 4 is 23.2 Å². The van der Waals surface area contributed by atoms with Crippen molar-refractivity contribution in [3.8, 4) is 11.6 Å². The van der Waals surface area contributed by atoms with Crippen LogP contribution in [-0.2, 0) is 0 Å². The van der Waals surface area contributed by atoms with Crippen LogP contribution in [0.1, 0.15) is 0 Å². The summed E-state index contributed by atoms with van der Waals surface area (Å²) in [5.74, 6) is 1.20. The van der Waals surface area contributed by atoms with Gasteiger partial charge >= 0.3 is 0 Å². The number of hydrogen-bond acceptors (Lipinski definition) is 3. The van der Waals surface area contributed by atoms with Crippen LogP contribution in [0.15, 0.2) is 42.5 Å². The zero-order valence-electron chi connectivity index (χ0n) is 9.48. The molecule has 0 atom stereocenters. The van der Waals surface area contributed by atoms with Crippen LogP contribution in [-0.4, -0.2) is 18.2 Å². The Morgan fingerprint density at radius 1 is 0.944 bits per heavy atom. The Kier molecular flexibility index (Phi) is 4.67.